The van der Waals surface area contributed by atoms with E-state index in [1.54, 1.807) is 6.07 Å². The van der Waals surface area contributed by atoms with E-state index in [1.807, 2.05) is 30.3 Å². The molecule has 0 aliphatic rings. The van der Waals surface area contributed by atoms with Crippen LogP contribution in [0.1, 0.15) is 38.2 Å². The van der Waals surface area contributed by atoms with Crippen LogP contribution in [0.25, 0.3) is 22.1 Å². The normalized spacial score (nSPS) is 11.1. The van der Waals surface area contributed by atoms with E-state index in [-0.39, 0.29) is 11.5 Å². The second kappa shape index (κ2) is 7.43. The van der Waals surface area contributed by atoms with Crippen molar-refractivity contribution < 1.29 is 14.6 Å². The number of benzene rings is 2. The van der Waals surface area contributed by atoms with E-state index in [0.29, 0.717) is 28.5 Å². The minimum absolute atomic E-state index is 0.130. The predicted molar refractivity (Wildman–Crippen MR) is 99.1 cm³/mol. The molecule has 2 aromatic carbocycles. The fourth-order valence-corrected chi connectivity index (χ4v) is 3.13. The number of aryl methyl sites for hydroxylation is 1. The maximum atomic E-state index is 12.0. The minimum atomic E-state index is -0.478. The lowest BCUT2D eigenvalue weighted by atomic mass is 9.97. The number of phenolic OH excluding ortho intramolecular Hbond substituents is 2. The molecule has 25 heavy (non-hydrogen) atoms. The number of hydrogen-bond donors (Lipinski definition) is 2. The van der Waals surface area contributed by atoms with Crippen LogP contribution in [-0.4, -0.2) is 10.2 Å². The number of phenols is 2. The summed E-state index contributed by atoms with van der Waals surface area (Å²) in [6.45, 7) is 2.14. The molecule has 0 fully saturated rings. The van der Waals surface area contributed by atoms with E-state index in [2.05, 4.69) is 6.92 Å². The van der Waals surface area contributed by atoms with Gasteiger partial charge in [-0.2, -0.15) is 0 Å². The Bertz CT molecular complexity index is 926. The van der Waals surface area contributed by atoms with Gasteiger partial charge in [-0.05, 0) is 24.5 Å². The first-order valence-corrected chi connectivity index (χ1v) is 8.69. The van der Waals surface area contributed by atoms with Crippen molar-refractivity contribution in [3.05, 3.63) is 58.4 Å². The number of hydrogen-bond acceptors (Lipinski definition) is 4. The number of rotatable bonds is 6. The quantitative estimate of drug-likeness (QED) is 0.377. The van der Waals surface area contributed by atoms with Crippen LogP contribution in [-0.2, 0) is 6.42 Å². The third-order valence-corrected chi connectivity index (χ3v) is 4.44. The number of fused-ring (bicyclic) bond motifs is 1. The summed E-state index contributed by atoms with van der Waals surface area (Å²) in [4.78, 5) is 12.0. The van der Waals surface area contributed by atoms with Gasteiger partial charge in [-0.1, -0.05) is 56.5 Å². The summed E-state index contributed by atoms with van der Waals surface area (Å²) in [5, 5.41) is 21.3. The average molecular weight is 338 g/mol. The Labute approximate surface area is 146 Å². The van der Waals surface area contributed by atoms with Gasteiger partial charge >= 0.3 is 5.63 Å². The Morgan fingerprint density at radius 1 is 0.960 bits per heavy atom. The Morgan fingerprint density at radius 3 is 2.44 bits per heavy atom. The number of aromatic hydroxyl groups is 2. The van der Waals surface area contributed by atoms with Gasteiger partial charge in [-0.15, -0.1) is 0 Å². The van der Waals surface area contributed by atoms with Gasteiger partial charge in [0.2, 0.25) is 0 Å². The van der Waals surface area contributed by atoms with Gasteiger partial charge in [-0.25, -0.2) is 4.79 Å². The SMILES string of the molecule is CCCCCCc1cc2oc(=O)cc(-c3ccccc3)c2c(O)c1O. The molecule has 0 saturated carbocycles. The lowest BCUT2D eigenvalue weighted by Crippen LogP contribution is -1.99. The van der Waals surface area contributed by atoms with E-state index in [4.69, 9.17) is 4.42 Å². The van der Waals surface area contributed by atoms with Crippen molar-refractivity contribution in [1.29, 1.82) is 0 Å². The molecule has 0 aliphatic carbocycles. The Balaban J connectivity index is 2.12. The van der Waals surface area contributed by atoms with Gasteiger partial charge in [0.25, 0.3) is 0 Å². The number of unbranched alkanes of at least 4 members (excludes halogenated alkanes) is 3. The predicted octanol–water partition coefficient (Wildman–Crippen LogP) is 4.99. The molecule has 0 atom stereocenters. The summed E-state index contributed by atoms with van der Waals surface area (Å²) in [5.74, 6) is -0.361. The van der Waals surface area contributed by atoms with Crippen LogP contribution in [0.2, 0.25) is 0 Å². The summed E-state index contributed by atoms with van der Waals surface area (Å²) in [6, 6.07) is 12.3. The van der Waals surface area contributed by atoms with Crippen LogP contribution in [0.5, 0.6) is 11.5 Å². The van der Waals surface area contributed by atoms with Gasteiger partial charge in [0.15, 0.2) is 11.5 Å². The average Bonchev–Trinajstić information content (AvgIpc) is 2.62. The minimum Gasteiger partial charge on any atom is -0.504 e. The Hall–Kier alpha value is -2.75. The van der Waals surface area contributed by atoms with Crippen molar-refractivity contribution in [3.63, 3.8) is 0 Å². The van der Waals surface area contributed by atoms with Crippen LogP contribution in [0.3, 0.4) is 0 Å². The van der Waals surface area contributed by atoms with Gasteiger partial charge in [-0.3, -0.25) is 0 Å². The Kier molecular flexibility index (Phi) is 5.08. The van der Waals surface area contributed by atoms with Gasteiger partial charge in [0.1, 0.15) is 5.58 Å². The largest absolute Gasteiger partial charge is 0.504 e. The maximum absolute atomic E-state index is 12.0. The fourth-order valence-electron chi connectivity index (χ4n) is 3.13. The zero-order valence-electron chi connectivity index (χ0n) is 14.3. The molecular formula is C21H22O4. The van der Waals surface area contributed by atoms with Crippen molar-refractivity contribution in [2.24, 2.45) is 0 Å². The van der Waals surface area contributed by atoms with Crippen LogP contribution >= 0.6 is 0 Å². The van der Waals surface area contributed by atoms with E-state index in [1.165, 1.54) is 6.07 Å². The molecule has 0 spiro atoms. The summed E-state index contributed by atoms with van der Waals surface area (Å²) in [5.41, 5.74) is 1.76. The molecule has 3 aromatic rings. The van der Waals surface area contributed by atoms with Crippen molar-refractivity contribution in [2.75, 3.05) is 0 Å². The lowest BCUT2D eigenvalue weighted by Gasteiger charge is -2.12. The van der Waals surface area contributed by atoms with E-state index in [9.17, 15) is 15.0 Å². The lowest BCUT2D eigenvalue weighted by molar-refractivity contribution is 0.401. The fraction of sp³-hybridized carbons (Fsp3) is 0.286. The van der Waals surface area contributed by atoms with Gasteiger partial charge in [0, 0.05) is 17.2 Å². The molecule has 0 unspecified atom stereocenters. The molecule has 3 rings (SSSR count). The third kappa shape index (κ3) is 3.53. The van der Waals surface area contributed by atoms with Crippen LogP contribution < -0.4 is 5.63 Å². The summed E-state index contributed by atoms with van der Waals surface area (Å²) >= 11 is 0. The van der Waals surface area contributed by atoms with Gasteiger partial charge in [0.05, 0.1) is 5.39 Å². The zero-order chi connectivity index (χ0) is 17.8. The van der Waals surface area contributed by atoms with Gasteiger partial charge < -0.3 is 14.6 Å². The third-order valence-electron chi connectivity index (χ3n) is 4.44. The van der Waals surface area contributed by atoms with Crippen molar-refractivity contribution >= 4 is 11.0 Å². The molecule has 1 aromatic heterocycles. The van der Waals surface area contributed by atoms with Crippen molar-refractivity contribution in [2.45, 2.75) is 39.0 Å². The second-order valence-electron chi connectivity index (χ2n) is 6.26. The summed E-state index contributed by atoms with van der Waals surface area (Å²) < 4.78 is 5.30. The van der Waals surface area contributed by atoms with E-state index in [0.717, 1.165) is 31.2 Å². The standard InChI is InChI=1S/C21H22O4/c1-2-3-4-6-11-15-12-17-19(21(24)20(15)23)16(13-18(22)25-17)14-9-7-5-8-10-14/h5,7-10,12-13,23-24H,2-4,6,11H2,1H3. The first-order chi connectivity index (χ1) is 12.1. The Morgan fingerprint density at radius 2 is 1.72 bits per heavy atom. The van der Waals surface area contributed by atoms with Crippen LogP contribution in [0.15, 0.2) is 51.7 Å². The van der Waals surface area contributed by atoms with Crippen LogP contribution in [0.4, 0.5) is 0 Å². The highest BCUT2D eigenvalue weighted by Crippen LogP contribution is 2.42. The van der Waals surface area contributed by atoms with E-state index >= 15 is 0 Å². The highest BCUT2D eigenvalue weighted by molar-refractivity contribution is 5.99. The van der Waals surface area contributed by atoms with Crippen molar-refractivity contribution in [1.82, 2.24) is 0 Å². The second-order valence-corrected chi connectivity index (χ2v) is 6.26. The van der Waals surface area contributed by atoms with Crippen molar-refractivity contribution in [3.8, 4) is 22.6 Å². The zero-order valence-corrected chi connectivity index (χ0v) is 14.3. The molecule has 0 saturated heterocycles. The molecule has 0 bridgehead atoms. The molecular weight excluding hydrogens is 316 g/mol. The highest BCUT2D eigenvalue weighted by Gasteiger charge is 2.18. The molecule has 1 heterocycles. The smallest absolute Gasteiger partial charge is 0.336 e. The molecule has 0 amide bonds. The first-order valence-electron chi connectivity index (χ1n) is 8.69. The molecule has 130 valence electrons. The molecule has 2 N–H and O–H groups in total. The van der Waals surface area contributed by atoms with Crippen LogP contribution in [0, 0.1) is 0 Å². The topological polar surface area (TPSA) is 70.7 Å². The van der Waals surface area contributed by atoms with E-state index < -0.39 is 5.63 Å². The summed E-state index contributed by atoms with van der Waals surface area (Å²) in [6.07, 6.45) is 4.87. The first kappa shape index (κ1) is 17.1. The molecule has 4 nitrogen and oxygen atoms in total. The summed E-state index contributed by atoms with van der Waals surface area (Å²) in [7, 11) is 0. The highest BCUT2D eigenvalue weighted by atomic mass is 16.4. The monoisotopic (exact) mass is 338 g/mol. The molecule has 0 radical (unpaired) electrons. The molecule has 4 heteroatoms. The molecule has 0 aliphatic heterocycles. The maximum Gasteiger partial charge on any atom is 0.336 e.